The van der Waals surface area contributed by atoms with Crippen LogP contribution in [0.15, 0.2) is 18.5 Å². The third-order valence-corrected chi connectivity index (χ3v) is 5.01. The van der Waals surface area contributed by atoms with Gasteiger partial charge < -0.3 is 9.88 Å². The first-order chi connectivity index (χ1) is 11.7. The van der Waals surface area contributed by atoms with Crippen molar-refractivity contribution in [2.75, 3.05) is 6.54 Å². The number of aromatic nitrogens is 6. The molecule has 1 aliphatic rings. The van der Waals surface area contributed by atoms with E-state index >= 15 is 0 Å². The molecule has 0 aliphatic carbocycles. The highest BCUT2D eigenvalue weighted by Crippen LogP contribution is 2.24. The molecule has 1 N–H and O–H groups in total. The van der Waals surface area contributed by atoms with Crippen LogP contribution in [0.4, 0.5) is 0 Å². The fraction of sp³-hybridized carbons (Fsp3) is 0.500. The van der Waals surface area contributed by atoms with Gasteiger partial charge in [0.05, 0.1) is 22.8 Å². The molecule has 3 aromatic rings. The van der Waals surface area contributed by atoms with E-state index in [2.05, 4.69) is 49.1 Å². The van der Waals surface area contributed by atoms with Crippen molar-refractivity contribution < 1.29 is 0 Å². The number of nitrogens with zero attached hydrogens (tertiary/aromatic N) is 6. The molecule has 7 nitrogen and oxygen atoms in total. The summed E-state index contributed by atoms with van der Waals surface area (Å²) in [6.07, 6.45) is 4.94. The number of hydrogen-bond acceptors (Lipinski definition) is 6. The molecular weight excluding hydrogens is 358 g/mol. The Bertz CT molecular complexity index is 812. The van der Waals surface area contributed by atoms with Gasteiger partial charge >= 0.3 is 0 Å². The molecule has 0 atom stereocenters. The van der Waals surface area contributed by atoms with E-state index in [1.807, 2.05) is 12.4 Å². The van der Waals surface area contributed by atoms with Crippen molar-refractivity contribution in [3.8, 4) is 11.5 Å². The van der Waals surface area contributed by atoms with E-state index in [4.69, 9.17) is 5.10 Å². The molecule has 0 aromatic carbocycles. The van der Waals surface area contributed by atoms with Crippen LogP contribution in [0.5, 0.6) is 0 Å². The summed E-state index contributed by atoms with van der Waals surface area (Å²) in [6.45, 7) is 7.90. The van der Waals surface area contributed by atoms with Gasteiger partial charge in [0.1, 0.15) is 5.69 Å². The lowest BCUT2D eigenvalue weighted by Crippen LogP contribution is -2.11. The van der Waals surface area contributed by atoms with Gasteiger partial charge in [0.2, 0.25) is 0 Å². The van der Waals surface area contributed by atoms with Gasteiger partial charge in [-0.15, -0.1) is 17.5 Å². The number of nitrogens with one attached hydrogen (secondary N) is 1. The second-order valence-corrected chi connectivity index (χ2v) is 7.23. The molecule has 0 unspecified atom stereocenters. The first kappa shape index (κ1) is 18.0. The van der Waals surface area contributed by atoms with Crippen LogP contribution in [0.2, 0.25) is 0 Å². The Balaban J connectivity index is 0.00000182. The highest BCUT2D eigenvalue weighted by atomic mass is 35.5. The second-order valence-electron chi connectivity index (χ2n) is 6.39. The van der Waals surface area contributed by atoms with Gasteiger partial charge in [-0.25, -0.2) is 4.98 Å². The van der Waals surface area contributed by atoms with E-state index in [0.717, 1.165) is 49.8 Å². The summed E-state index contributed by atoms with van der Waals surface area (Å²) in [5.74, 6) is 1.28. The van der Waals surface area contributed by atoms with E-state index < -0.39 is 0 Å². The van der Waals surface area contributed by atoms with E-state index in [0.29, 0.717) is 5.92 Å². The Morgan fingerprint density at radius 3 is 3.08 bits per heavy atom. The zero-order chi connectivity index (χ0) is 16.5. The molecule has 0 saturated heterocycles. The molecule has 0 saturated carbocycles. The van der Waals surface area contributed by atoms with Crippen LogP contribution in [-0.2, 0) is 19.6 Å². The minimum atomic E-state index is 0. The lowest BCUT2D eigenvalue weighted by atomic mass is 10.1. The van der Waals surface area contributed by atoms with Crippen molar-refractivity contribution in [3.63, 3.8) is 0 Å². The van der Waals surface area contributed by atoms with Crippen molar-refractivity contribution in [3.05, 3.63) is 34.7 Å². The van der Waals surface area contributed by atoms with Crippen molar-refractivity contribution in [2.45, 2.75) is 45.8 Å². The summed E-state index contributed by atoms with van der Waals surface area (Å²) in [6, 6.07) is 2.14. The second kappa shape index (κ2) is 7.63. The highest BCUT2D eigenvalue weighted by Gasteiger charge is 2.18. The first-order valence-electron chi connectivity index (χ1n) is 8.32. The van der Waals surface area contributed by atoms with Crippen LogP contribution in [0.3, 0.4) is 0 Å². The number of imidazole rings is 1. The third kappa shape index (κ3) is 3.61. The van der Waals surface area contributed by atoms with E-state index in [1.54, 1.807) is 0 Å². The average molecular weight is 380 g/mol. The van der Waals surface area contributed by atoms with E-state index in [-0.39, 0.29) is 12.4 Å². The molecule has 4 heterocycles. The Hall–Kier alpha value is -1.77. The van der Waals surface area contributed by atoms with Crippen LogP contribution in [0, 0.1) is 0 Å². The van der Waals surface area contributed by atoms with Gasteiger partial charge in [-0.3, -0.25) is 4.68 Å². The molecule has 1 aliphatic heterocycles. The molecule has 0 radical (unpaired) electrons. The molecule has 4 rings (SSSR count). The number of hydrogen-bond donors (Lipinski definition) is 1. The summed E-state index contributed by atoms with van der Waals surface area (Å²) < 4.78 is 8.35. The Morgan fingerprint density at radius 2 is 2.24 bits per heavy atom. The highest BCUT2D eigenvalue weighted by molar-refractivity contribution is 7.05. The molecule has 0 amide bonds. The number of halogens is 1. The van der Waals surface area contributed by atoms with Crippen molar-refractivity contribution in [1.82, 2.24) is 34.2 Å². The fourth-order valence-electron chi connectivity index (χ4n) is 3.06. The maximum absolute atomic E-state index is 4.77. The third-order valence-electron chi connectivity index (χ3n) is 4.28. The van der Waals surface area contributed by atoms with Crippen molar-refractivity contribution >= 4 is 23.9 Å². The molecule has 134 valence electrons. The minimum absolute atomic E-state index is 0. The predicted octanol–water partition coefficient (Wildman–Crippen LogP) is 2.68. The molecular formula is C16H22ClN7S. The monoisotopic (exact) mass is 379 g/mol. The molecule has 25 heavy (non-hydrogen) atoms. The van der Waals surface area contributed by atoms with E-state index in [9.17, 15) is 0 Å². The molecule has 0 spiro atoms. The SMILES string of the molecule is CC(C)c1nnsc1Cn1ccnc1-c1cc2n(n1)CCCNC2.Cl. The zero-order valence-electron chi connectivity index (χ0n) is 14.3. The van der Waals surface area contributed by atoms with Crippen LogP contribution >= 0.6 is 23.9 Å². The first-order valence-corrected chi connectivity index (χ1v) is 9.10. The van der Waals surface area contributed by atoms with Crippen LogP contribution in [-0.4, -0.2) is 35.5 Å². The maximum atomic E-state index is 4.77. The van der Waals surface area contributed by atoms with Gasteiger partial charge in [-0.2, -0.15) is 5.10 Å². The minimum Gasteiger partial charge on any atom is -0.324 e. The Kier molecular flexibility index (Phi) is 5.51. The largest absolute Gasteiger partial charge is 0.324 e. The summed E-state index contributed by atoms with van der Waals surface area (Å²) in [4.78, 5) is 5.73. The number of fused-ring (bicyclic) bond motifs is 1. The van der Waals surface area contributed by atoms with Crippen LogP contribution in [0.25, 0.3) is 11.5 Å². The van der Waals surface area contributed by atoms with Crippen molar-refractivity contribution in [2.24, 2.45) is 0 Å². The molecule has 3 aromatic heterocycles. The summed E-state index contributed by atoms with van der Waals surface area (Å²) in [7, 11) is 0. The topological polar surface area (TPSA) is 73.5 Å². The summed E-state index contributed by atoms with van der Waals surface area (Å²) >= 11 is 1.46. The maximum Gasteiger partial charge on any atom is 0.160 e. The summed E-state index contributed by atoms with van der Waals surface area (Å²) in [5.41, 5.74) is 3.23. The van der Waals surface area contributed by atoms with E-state index in [1.165, 1.54) is 22.1 Å². The fourth-order valence-corrected chi connectivity index (χ4v) is 3.85. The quantitative estimate of drug-likeness (QED) is 0.754. The predicted molar refractivity (Wildman–Crippen MR) is 100 cm³/mol. The van der Waals surface area contributed by atoms with Crippen molar-refractivity contribution in [1.29, 1.82) is 0 Å². The lowest BCUT2D eigenvalue weighted by molar-refractivity contribution is 0.588. The van der Waals surface area contributed by atoms with Gasteiger partial charge in [-0.1, -0.05) is 18.3 Å². The van der Waals surface area contributed by atoms with Gasteiger partial charge in [0, 0.05) is 25.5 Å². The van der Waals surface area contributed by atoms with Gasteiger partial charge in [0.25, 0.3) is 0 Å². The standard InChI is InChI=1S/C16H21N7S.ClH/c1-11(2)15-14(24-21-19-15)10-22-7-5-18-16(22)13-8-12-9-17-4-3-6-23(12)20-13;/h5,7-8,11,17H,3-4,6,9-10H2,1-2H3;1H. The average Bonchev–Trinajstić information content (AvgIpc) is 3.26. The smallest absolute Gasteiger partial charge is 0.160 e. The Labute approximate surface area is 157 Å². The van der Waals surface area contributed by atoms with Gasteiger partial charge in [0.15, 0.2) is 5.82 Å². The normalized spacial score (nSPS) is 14.2. The number of rotatable bonds is 4. The van der Waals surface area contributed by atoms with Gasteiger partial charge in [-0.05, 0) is 36.5 Å². The Morgan fingerprint density at radius 1 is 1.36 bits per heavy atom. The molecule has 0 fully saturated rings. The summed E-state index contributed by atoms with van der Waals surface area (Å²) in [5, 5.41) is 12.5. The number of aryl methyl sites for hydroxylation is 1. The van der Waals surface area contributed by atoms with Crippen LogP contribution in [0.1, 0.15) is 42.5 Å². The molecule has 9 heteroatoms. The van der Waals surface area contributed by atoms with Crippen LogP contribution < -0.4 is 5.32 Å². The molecule has 0 bridgehead atoms. The zero-order valence-corrected chi connectivity index (χ0v) is 16.0. The lowest BCUT2D eigenvalue weighted by Gasteiger charge is -2.07.